The van der Waals surface area contributed by atoms with E-state index in [4.69, 9.17) is 4.74 Å². The highest BCUT2D eigenvalue weighted by molar-refractivity contribution is 7.91. The number of methoxy groups -OCH3 is 1. The van der Waals surface area contributed by atoms with Gasteiger partial charge in [0.1, 0.15) is 5.75 Å². The molecule has 2 unspecified atom stereocenters. The van der Waals surface area contributed by atoms with E-state index in [0.29, 0.717) is 12.3 Å². The molecule has 2 atom stereocenters. The highest BCUT2D eigenvalue weighted by Crippen LogP contribution is 2.39. The molecule has 1 saturated heterocycles. The second-order valence-corrected chi connectivity index (χ2v) is 9.53. The predicted octanol–water partition coefficient (Wildman–Crippen LogP) is 2.61. The van der Waals surface area contributed by atoms with Crippen LogP contribution in [0.5, 0.6) is 5.75 Å². The molecule has 1 aliphatic carbocycles. The van der Waals surface area contributed by atoms with Crippen molar-refractivity contribution in [1.29, 1.82) is 0 Å². The van der Waals surface area contributed by atoms with E-state index in [1.54, 1.807) is 19.1 Å². The lowest BCUT2D eigenvalue weighted by Crippen LogP contribution is -2.42. The first-order valence-corrected chi connectivity index (χ1v) is 10.8. The van der Waals surface area contributed by atoms with E-state index in [1.165, 1.54) is 0 Å². The summed E-state index contributed by atoms with van der Waals surface area (Å²) >= 11 is 0. The summed E-state index contributed by atoms with van der Waals surface area (Å²) in [6, 6.07) is 7.53. The summed E-state index contributed by atoms with van der Waals surface area (Å²) in [5.74, 6) is 1.25. The van der Waals surface area contributed by atoms with Crippen molar-refractivity contribution in [3.05, 3.63) is 29.8 Å². The van der Waals surface area contributed by atoms with Gasteiger partial charge in [0.2, 0.25) is 5.91 Å². The van der Waals surface area contributed by atoms with Gasteiger partial charge in [-0.25, -0.2) is 8.42 Å². The van der Waals surface area contributed by atoms with Crippen LogP contribution in [0.1, 0.15) is 43.6 Å². The van der Waals surface area contributed by atoms with Gasteiger partial charge in [-0.05, 0) is 42.9 Å². The van der Waals surface area contributed by atoms with Crippen LogP contribution in [0.25, 0.3) is 0 Å². The third-order valence-corrected chi connectivity index (χ3v) is 7.47. The highest BCUT2D eigenvalue weighted by Gasteiger charge is 2.38. The average molecular weight is 365 g/mol. The number of rotatable bonds is 5. The number of nitrogens with zero attached hydrogens (tertiary/aromatic N) is 1. The number of benzene rings is 1. The number of carbonyl (C=O) groups is 1. The zero-order valence-electron chi connectivity index (χ0n) is 15.0. The summed E-state index contributed by atoms with van der Waals surface area (Å²) in [7, 11) is 0.388. The first kappa shape index (κ1) is 18.2. The smallest absolute Gasteiger partial charge is 0.230 e. The van der Waals surface area contributed by atoms with Crippen molar-refractivity contribution in [1.82, 2.24) is 4.90 Å². The van der Waals surface area contributed by atoms with Crippen molar-refractivity contribution in [2.24, 2.45) is 5.92 Å². The summed E-state index contributed by atoms with van der Waals surface area (Å²) in [6.07, 6.45) is 4.97. The van der Waals surface area contributed by atoms with E-state index in [-0.39, 0.29) is 29.4 Å². The van der Waals surface area contributed by atoms with Crippen LogP contribution in [0, 0.1) is 5.92 Å². The molecule has 138 valence electrons. The van der Waals surface area contributed by atoms with Gasteiger partial charge < -0.3 is 9.64 Å². The summed E-state index contributed by atoms with van der Waals surface area (Å²) in [5, 5.41) is 0. The van der Waals surface area contributed by atoms with E-state index in [2.05, 4.69) is 0 Å². The summed E-state index contributed by atoms with van der Waals surface area (Å²) in [4.78, 5) is 15.0. The maximum Gasteiger partial charge on any atom is 0.230 e. The van der Waals surface area contributed by atoms with Gasteiger partial charge in [0, 0.05) is 13.1 Å². The molecule has 1 aromatic carbocycles. The molecule has 1 aliphatic heterocycles. The van der Waals surface area contributed by atoms with Gasteiger partial charge in [-0.3, -0.25) is 4.79 Å². The number of ether oxygens (including phenoxy) is 1. The fourth-order valence-electron chi connectivity index (χ4n) is 4.20. The van der Waals surface area contributed by atoms with Crippen LogP contribution in [0.15, 0.2) is 24.3 Å². The second kappa shape index (κ2) is 7.36. The normalized spacial score (nSPS) is 24.2. The minimum atomic E-state index is -3.00. The van der Waals surface area contributed by atoms with E-state index in [0.717, 1.165) is 37.0 Å². The van der Waals surface area contributed by atoms with Crippen LogP contribution >= 0.6 is 0 Å². The molecule has 2 aliphatic rings. The zero-order chi connectivity index (χ0) is 18.0. The quantitative estimate of drug-likeness (QED) is 0.805. The molecule has 3 rings (SSSR count). The van der Waals surface area contributed by atoms with Crippen molar-refractivity contribution in [3.8, 4) is 5.75 Å². The highest BCUT2D eigenvalue weighted by atomic mass is 32.2. The number of hydrogen-bond acceptors (Lipinski definition) is 4. The lowest BCUT2D eigenvalue weighted by atomic mass is 9.83. The zero-order valence-corrected chi connectivity index (χ0v) is 15.8. The van der Waals surface area contributed by atoms with Crippen molar-refractivity contribution in [3.63, 3.8) is 0 Å². The third kappa shape index (κ3) is 4.00. The SMILES string of the molecule is COc1ccc(C(C(=O)N(C)C2CCS(=O)(=O)C2)C2CCCC2)cc1. The van der Waals surface area contributed by atoms with Crippen molar-refractivity contribution >= 4 is 15.7 Å². The minimum Gasteiger partial charge on any atom is -0.497 e. The largest absolute Gasteiger partial charge is 0.497 e. The molecule has 0 bridgehead atoms. The molecule has 2 fully saturated rings. The Morgan fingerprint density at radius 3 is 2.32 bits per heavy atom. The lowest BCUT2D eigenvalue weighted by molar-refractivity contribution is -0.134. The standard InChI is InChI=1S/C19H27NO4S/c1-20(16-11-12-25(22,23)13-16)19(21)18(14-5-3-4-6-14)15-7-9-17(24-2)10-8-15/h7-10,14,16,18H,3-6,11-13H2,1-2H3. The molecular weight excluding hydrogens is 338 g/mol. The van der Waals surface area contributed by atoms with Crippen molar-refractivity contribution < 1.29 is 17.9 Å². The molecule has 1 saturated carbocycles. The number of hydrogen-bond donors (Lipinski definition) is 0. The number of sulfone groups is 1. The van der Waals surface area contributed by atoms with E-state index >= 15 is 0 Å². The maximum absolute atomic E-state index is 13.3. The molecule has 25 heavy (non-hydrogen) atoms. The Labute approximate surface area is 150 Å². The van der Waals surface area contributed by atoms with Gasteiger partial charge in [-0.2, -0.15) is 0 Å². The van der Waals surface area contributed by atoms with Gasteiger partial charge in [0.05, 0.1) is 24.5 Å². The van der Waals surface area contributed by atoms with Crippen molar-refractivity contribution in [2.75, 3.05) is 25.7 Å². The van der Waals surface area contributed by atoms with E-state index in [9.17, 15) is 13.2 Å². The lowest BCUT2D eigenvalue weighted by Gasteiger charge is -2.31. The van der Waals surface area contributed by atoms with Crippen LogP contribution in [0.4, 0.5) is 0 Å². The second-order valence-electron chi connectivity index (χ2n) is 7.30. The Kier molecular flexibility index (Phi) is 5.37. The van der Waals surface area contributed by atoms with Crippen LogP contribution in [-0.2, 0) is 14.6 Å². The summed E-state index contributed by atoms with van der Waals surface area (Å²) in [5.41, 5.74) is 1.01. The predicted molar refractivity (Wildman–Crippen MR) is 97.5 cm³/mol. The van der Waals surface area contributed by atoms with Crippen LogP contribution in [0.3, 0.4) is 0 Å². The van der Waals surface area contributed by atoms with Gasteiger partial charge in [-0.15, -0.1) is 0 Å². The first-order chi connectivity index (χ1) is 11.9. The third-order valence-electron chi connectivity index (χ3n) is 5.72. The molecule has 1 amide bonds. The van der Waals surface area contributed by atoms with Crippen molar-refractivity contribution in [2.45, 2.75) is 44.1 Å². The number of likely N-dealkylation sites (N-methyl/N-ethyl adjacent to an activating group) is 1. The van der Waals surface area contributed by atoms with Crippen LogP contribution in [-0.4, -0.2) is 50.9 Å². The van der Waals surface area contributed by atoms with Crippen LogP contribution < -0.4 is 4.74 Å². The number of carbonyl (C=O) groups excluding carboxylic acids is 1. The molecule has 5 nitrogen and oxygen atoms in total. The monoisotopic (exact) mass is 365 g/mol. The van der Waals surface area contributed by atoms with E-state index in [1.807, 2.05) is 24.3 Å². The summed E-state index contributed by atoms with van der Waals surface area (Å²) in [6.45, 7) is 0. The minimum absolute atomic E-state index is 0.0548. The summed E-state index contributed by atoms with van der Waals surface area (Å²) < 4.78 is 28.8. The average Bonchev–Trinajstić information content (AvgIpc) is 3.24. The van der Waals surface area contributed by atoms with Gasteiger partial charge >= 0.3 is 0 Å². The molecule has 0 aromatic heterocycles. The number of amides is 1. The fourth-order valence-corrected chi connectivity index (χ4v) is 5.97. The Hall–Kier alpha value is -1.56. The Bertz CT molecular complexity index is 707. The van der Waals surface area contributed by atoms with Crippen LogP contribution in [0.2, 0.25) is 0 Å². The molecule has 1 aromatic rings. The van der Waals surface area contributed by atoms with E-state index < -0.39 is 9.84 Å². The molecule has 0 spiro atoms. The maximum atomic E-state index is 13.3. The Morgan fingerprint density at radius 2 is 1.80 bits per heavy atom. The molecule has 6 heteroatoms. The molecule has 0 radical (unpaired) electrons. The molecule has 1 heterocycles. The topological polar surface area (TPSA) is 63.7 Å². The molecule has 0 N–H and O–H groups in total. The van der Waals surface area contributed by atoms with Gasteiger partial charge in [0.25, 0.3) is 0 Å². The Morgan fingerprint density at radius 1 is 1.16 bits per heavy atom. The Balaban J connectivity index is 1.84. The van der Waals surface area contributed by atoms with Gasteiger partial charge in [0.15, 0.2) is 9.84 Å². The van der Waals surface area contributed by atoms with Gasteiger partial charge in [-0.1, -0.05) is 25.0 Å². The fraction of sp³-hybridized carbons (Fsp3) is 0.632. The molecular formula is C19H27NO4S. The first-order valence-electron chi connectivity index (χ1n) is 9.02.